The Morgan fingerprint density at radius 2 is 1.68 bits per heavy atom. The van der Waals surface area contributed by atoms with Gasteiger partial charge in [0.15, 0.2) is 0 Å². The number of carbonyl (C=O) groups excluding carboxylic acids is 2. The summed E-state index contributed by atoms with van der Waals surface area (Å²) in [6.45, 7) is 6.82. The summed E-state index contributed by atoms with van der Waals surface area (Å²) in [5.41, 5.74) is 1.19. The van der Waals surface area contributed by atoms with E-state index in [2.05, 4.69) is 5.32 Å². The minimum Gasteiger partial charge on any atom is -0.492 e. The third kappa shape index (κ3) is 4.65. The summed E-state index contributed by atoms with van der Waals surface area (Å²) in [4.78, 5) is 26.7. The number of hydrogen-bond donors (Lipinski definition) is 1. The van der Waals surface area contributed by atoms with E-state index in [1.165, 1.54) is 5.56 Å². The first-order valence-electron chi connectivity index (χ1n) is 7.54. The molecule has 3 amide bonds. The highest BCUT2D eigenvalue weighted by molar-refractivity contribution is 5.76. The molecular weight excluding hydrogens is 282 g/mol. The first kappa shape index (κ1) is 16.1. The summed E-state index contributed by atoms with van der Waals surface area (Å²) in [6.07, 6.45) is 0. The first-order chi connectivity index (χ1) is 10.6. The first-order valence-corrected chi connectivity index (χ1v) is 7.54. The van der Waals surface area contributed by atoms with Crippen molar-refractivity contribution in [1.82, 2.24) is 15.1 Å². The second-order valence-electron chi connectivity index (χ2n) is 5.39. The lowest BCUT2D eigenvalue weighted by atomic mass is 10.2. The smallest absolute Gasteiger partial charge is 0.317 e. The van der Waals surface area contributed by atoms with Crippen LogP contribution in [0.15, 0.2) is 24.3 Å². The highest BCUT2D eigenvalue weighted by Crippen LogP contribution is 2.10. The van der Waals surface area contributed by atoms with Gasteiger partial charge >= 0.3 is 6.03 Å². The topological polar surface area (TPSA) is 61.9 Å². The Morgan fingerprint density at radius 1 is 1.09 bits per heavy atom. The number of nitrogens with zero attached hydrogens (tertiary/aromatic N) is 2. The molecule has 0 bridgehead atoms. The van der Waals surface area contributed by atoms with Gasteiger partial charge in [-0.3, -0.25) is 4.79 Å². The third-order valence-electron chi connectivity index (χ3n) is 3.68. The van der Waals surface area contributed by atoms with Gasteiger partial charge in [0.05, 0.1) is 6.54 Å². The average Bonchev–Trinajstić information content (AvgIpc) is 2.53. The van der Waals surface area contributed by atoms with Gasteiger partial charge in [-0.15, -0.1) is 0 Å². The van der Waals surface area contributed by atoms with Crippen LogP contribution in [0.25, 0.3) is 0 Å². The molecule has 1 aromatic rings. The SMILES string of the molecule is CC(=O)N1CCN(C(=O)NCCOc2ccc(C)cc2)CC1. The van der Waals surface area contributed by atoms with E-state index >= 15 is 0 Å². The van der Waals surface area contributed by atoms with Gasteiger partial charge in [-0.05, 0) is 19.1 Å². The number of hydrogen-bond acceptors (Lipinski definition) is 3. The normalized spacial score (nSPS) is 14.6. The molecule has 1 saturated heterocycles. The van der Waals surface area contributed by atoms with Crippen LogP contribution in [0.3, 0.4) is 0 Å². The summed E-state index contributed by atoms with van der Waals surface area (Å²) in [6, 6.07) is 7.71. The van der Waals surface area contributed by atoms with Gasteiger partial charge in [0.2, 0.25) is 5.91 Å². The predicted octanol–water partition coefficient (Wildman–Crippen LogP) is 1.25. The minimum atomic E-state index is -0.101. The lowest BCUT2D eigenvalue weighted by Gasteiger charge is -2.34. The van der Waals surface area contributed by atoms with Crippen molar-refractivity contribution < 1.29 is 14.3 Å². The van der Waals surface area contributed by atoms with E-state index in [9.17, 15) is 9.59 Å². The highest BCUT2D eigenvalue weighted by Gasteiger charge is 2.21. The van der Waals surface area contributed by atoms with Gasteiger partial charge < -0.3 is 19.9 Å². The van der Waals surface area contributed by atoms with Crippen molar-refractivity contribution in [2.45, 2.75) is 13.8 Å². The van der Waals surface area contributed by atoms with Crippen LogP contribution in [0.2, 0.25) is 0 Å². The lowest BCUT2D eigenvalue weighted by molar-refractivity contribution is -0.130. The Labute approximate surface area is 131 Å². The van der Waals surface area contributed by atoms with E-state index in [-0.39, 0.29) is 11.9 Å². The summed E-state index contributed by atoms with van der Waals surface area (Å²) >= 11 is 0. The number of rotatable bonds is 4. The Kier molecular flexibility index (Phi) is 5.63. The number of amides is 3. The van der Waals surface area contributed by atoms with Crippen LogP contribution >= 0.6 is 0 Å². The standard InChI is InChI=1S/C16H23N3O3/c1-13-3-5-15(6-4-13)22-12-7-17-16(21)19-10-8-18(9-11-19)14(2)20/h3-6H,7-12H2,1-2H3,(H,17,21). The number of aryl methyl sites for hydroxylation is 1. The molecule has 1 aliphatic heterocycles. The fraction of sp³-hybridized carbons (Fsp3) is 0.500. The molecular formula is C16H23N3O3. The largest absolute Gasteiger partial charge is 0.492 e. The zero-order valence-electron chi connectivity index (χ0n) is 13.2. The van der Waals surface area contributed by atoms with Crippen LogP contribution in [0.5, 0.6) is 5.75 Å². The van der Waals surface area contributed by atoms with Gasteiger partial charge in [-0.25, -0.2) is 4.79 Å². The van der Waals surface area contributed by atoms with Crippen molar-refractivity contribution in [3.63, 3.8) is 0 Å². The monoisotopic (exact) mass is 305 g/mol. The van der Waals surface area contributed by atoms with Crippen LogP contribution in [0.4, 0.5) is 4.79 Å². The summed E-state index contributed by atoms with van der Waals surface area (Å²) in [5.74, 6) is 0.862. The predicted molar refractivity (Wildman–Crippen MR) is 83.9 cm³/mol. The Balaban J connectivity index is 1.64. The number of carbonyl (C=O) groups is 2. The molecule has 0 spiro atoms. The van der Waals surface area contributed by atoms with Gasteiger partial charge in [0.1, 0.15) is 12.4 Å². The van der Waals surface area contributed by atoms with Crippen LogP contribution in [-0.4, -0.2) is 61.1 Å². The average molecular weight is 305 g/mol. The number of benzene rings is 1. The fourth-order valence-electron chi connectivity index (χ4n) is 2.30. The van der Waals surface area contributed by atoms with E-state index in [1.807, 2.05) is 31.2 Å². The van der Waals surface area contributed by atoms with Gasteiger partial charge in [0, 0.05) is 33.1 Å². The maximum absolute atomic E-state index is 12.0. The van der Waals surface area contributed by atoms with E-state index in [4.69, 9.17) is 4.74 Å². The van der Waals surface area contributed by atoms with Crippen LogP contribution in [-0.2, 0) is 4.79 Å². The Bertz CT molecular complexity index is 508. The maximum Gasteiger partial charge on any atom is 0.317 e. The van der Waals surface area contributed by atoms with Crippen molar-refractivity contribution in [2.24, 2.45) is 0 Å². The molecule has 0 saturated carbocycles. The van der Waals surface area contributed by atoms with E-state index < -0.39 is 0 Å². The van der Waals surface area contributed by atoms with Crippen molar-refractivity contribution in [3.05, 3.63) is 29.8 Å². The molecule has 0 radical (unpaired) electrons. The van der Waals surface area contributed by atoms with E-state index in [0.29, 0.717) is 39.3 Å². The number of nitrogens with one attached hydrogen (secondary N) is 1. The van der Waals surface area contributed by atoms with Crippen LogP contribution in [0.1, 0.15) is 12.5 Å². The van der Waals surface area contributed by atoms with Crippen molar-refractivity contribution in [1.29, 1.82) is 0 Å². The van der Waals surface area contributed by atoms with Crippen molar-refractivity contribution in [2.75, 3.05) is 39.3 Å². The molecule has 1 heterocycles. The molecule has 6 nitrogen and oxygen atoms in total. The van der Waals surface area contributed by atoms with Gasteiger partial charge in [-0.2, -0.15) is 0 Å². The van der Waals surface area contributed by atoms with Crippen molar-refractivity contribution >= 4 is 11.9 Å². The van der Waals surface area contributed by atoms with Crippen LogP contribution in [0, 0.1) is 6.92 Å². The van der Waals surface area contributed by atoms with Crippen LogP contribution < -0.4 is 10.1 Å². The zero-order valence-corrected chi connectivity index (χ0v) is 13.2. The van der Waals surface area contributed by atoms with Gasteiger partial charge in [-0.1, -0.05) is 17.7 Å². The molecule has 1 aromatic carbocycles. The molecule has 120 valence electrons. The Hall–Kier alpha value is -2.24. The summed E-state index contributed by atoms with van der Waals surface area (Å²) < 4.78 is 5.56. The number of piperazine rings is 1. The second-order valence-corrected chi connectivity index (χ2v) is 5.39. The quantitative estimate of drug-likeness (QED) is 0.852. The minimum absolute atomic E-state index is 0.0616. The second kappa shape index (κ2) is 7.68. The van der Waals surface area contributed by atoms with Gasteiger partial charge in [0.25, 0.3) is 0 Å². The zero-order chi connectivity index (χ0) is 15.9. The molecule has 0 atom stereocenters. The van der Waals surface area contributed by atoms with E-state index in [1.54, 1.807) is 16.7 Å². The molecule has 0 unspecified atom stereocenters. The summed E-state index contributed by atoms with van der Waals surface area (Å²) in [7, 11) is 0. The molecule has 6 heteroatoms. The molecule has 2 rings (SSSR count). The highest BCUT2D eigenvalue weighted by atomic mass is 16.5. The molecule has 1 N–H and O–H groups in total. The summed E-state index contributed by atoms with van der Waals surface area (Å²) in [5, 5.41) is 2.84. The molecule has 1 fully saturated rings. The van der Waals surface area contributed by atoms with Crippen molar-refractivity contribution in [3.8, 4) is 5.75 Å². The van der Waals surface area contributed by atoms with E-state index in [0.717, 1.165) is 5.75 Å². The number of ether oxygens (including phenoxy) is 1. The molecule has 22 heavy (non-hydrogen) atoms. The third-order valence-corrected chi connectivity index (χ3v) is 3.68. The number of urea groups is 1. The molecule has 1 aliphatic rings. The fourth-order valence-corrected chi connectivity index (χ4v) is 2.30. The Morgan fingerprint density at radius 3 is 2.27 bits per heavy atom. The molecule has 0 aliphatic carbocycles. The lowest BCUT2D eigenvalue weighted by Crippen LogP contribution is -2.53. The molecule has 0 aromatic heterocycles. The maximum atomic E-state index is 12.0.